The van der Waals surface area contributed by atoms with Gasteiger partial charge >= 0.3 is 0 Å². The van der Waals surface area contributed by atoms with Gasteiger partial charge in [-0.05, 0) is 38.6 Å². The third-order valence-corrected chi connectivity index (χ3v) is 5.51. The summed E-state index contributed by atoms with van der Waals surface area (Å²) in [7, 11) is 0. The van der Waals surface area contributed by atoms with Crippen LogP contribution in [0.5, 0.6) is 0 Å². The van der Waals surface area contributed by atoms with Crippen molar-refractivity contribution < 1.29 is 4.79 Å². The standard InChI is InChI=1S/C16H25N3OS/c1-3-6-18-8-13-4-5-15(18)10-19(9-13)16(20)7-14-11-21-12(2)17-14/h11,13,15H,3-10H2,1-2H3/t13-,15-/m0/s1. The Bertz CT molecular complexity index is 501. The van der Waals surface area contributed by atoms with Crippen molar-refractivity contribution in [1.29, 1.82) is 0 Å². The van der Waals surface area contributed by atoms with Gasteiger partial charge in [0.2, 0.25) is 5.91 Å². The first-order valence-electron chi connectivity index (χ1n) is 8.08. The second-order valence-corrected chi connectivity index (χ2v) is 7.49. The molecule has 0 unspecified atom stereocenters. The lowest BCUT2D eigenvalue weighted by Gasteiger charge is -2.35. The van der Waals surface area contributed by atoms with Crippen LogP contribution in [-0.2, 0) is 11.2 Å². The van der Waals surface area contributed by atoms with E-state index in [-0.39, 0.29) is 5.91 Å². The van der Waals surface area contributed by atoms with E-state index < -0.39 is 0 Å². The molecule has 116 valence electrons. The molecular weight excluding hydrogens is 282 g/mol. The summed E-state index contributed by atoms with van der Waals surface area (Å²) < 4.78 is 0. The number of amides is 1. The summed E-state index contributed by atoms with van der Waals surface area (Å²) in [4.78, 5) is 21.7. The van der Waals surface area contributed by atoms with E-state index in [4.69, 9.17) is 0 Å². The van der Waals surface area contributed by atoms with E-state index in [0.717, 1.165) is 23.8 Å². The Balaban J connectivity index is 1.65. The number of nitrogens with zero attached hydrogens (tertiary/aromatic N) is 3. The number of fused-ring (bicyclic) bond motifs is 4. The number of carbonyl (C=O) groups is 1. The molecule has 3 aliphatic heterocycles. The second kappa shape index (κ2) is 6.44. The molecule has 4 nitrogen and oxygen atoms in total. The van der Waals surface area contributed by atoms with E-state index in [1.165, 1.54) is 32.4 Å². The molecule has 2 bridgehead atoms. The van der Waals surface area contributed by atoms with Crippen molar-refractivity contribution in [1.82, 2.24) is 14.8 Å². The molecule has 3 aliphatic rings. The van der Waals surface area contributed by atoms with Gasteiger partial charge in [0, 0.05) is 31.1 Å². The summed E-state index contributed by atoms with van der Waals surface area (Å²) in [5.41, 5.74) is 0.935. The van der Waals surface area contributed by atoms with Crippen LogP contribution in [0.1, 0.15) is 36.9 Å². The Hall–Kier alpha value is -0.940. The Morgan fingerprint density at radius 2 is 2.24 bits per heavy atom. The number of rotatable bonds is 4. The first-order valence-corrected chi connectivity index (χ1v) is 8.96. The lowest BCUT2D eigenvalue weighted by molar-refractivity contribution is -0.130. The molecule has 2 atom stereocenters. The Kier molecular flexibility index (Phi) is 4.60. The number of carbonyl (C=O) groups excluding carboxylic acids is 1. The largest absolute Gasteiger partial charge is 0.340 e. The zero-order chi connectivity index (χ0) is 14.8. The molecule has 0 aliphatic carbocycles. The Labute approximate surface area is 131 Å². The molecule has 3 fully saturated rings. The minimum absolute atomic E-state index is 0.260. The van der Waals surface area contributed by atoms with Crippen LogP contribution in [0.3, 0.4) is 0 Å². The highest BCUT2D eigenvalue weighted by molar-refractivity contribution is 7.09. The van der Waals surface area contributed by atoms with E-state index in [1.807, 2.05) is 12.3 Å². The molecule has 4 heterocycles. The van der Waals surface area contributed by atoms with Crippen LogP contribution in [0.4, 0.5) is 0 Å². The average Bonchev–Trinajstić information content (AvgIpc) is 2.68. The number of hydrogen-bond donors (Lipinski definition) is 0. The molecule has 0 saturated carbocycles. The van der Waals surface area contributed by atoms with E-state index in [9.17, 15) is 4.79 Å². The summed E-state index contributed by atoms with van der Waals surface area (Å²) in [6, 6.07) is 0.574. The fourth-order valence-corrected chi connectivity index (χ4v) is 4.31. The zero-order valence-electron chi connectivity index (χ0n) is 13.0. The van der Waals surface area contributed by atoms with E-state index in [1.54, 1.807) is 11.3 Å². The molecule has 5 heteroatoms. The molecule has 0 aromatic carbocycles. The number of thiazole rings is 1. The number of hydrogen-bond acceptors (Lipinski definition) is 4. The highest BCUT2D eigenvalue weighted by Gasteiger charge is 2.35. The van der Waals surface area contributed by atoms with Crippen molar-refractivity contribution in [2.75, 3.05) is 26.2 Å². The second-order valence-electron chi connectivity index (χ2n) is 6.43. The normalized spacial score (nSPS) is 26.1. The quantitative estimate of drug-likeness (QED) is 0.856. The molecule has 0 radical (unpaired) electrons. The monoisotopic (exact) mass is 307 g/mol. The maximum atomic E-state index is 12.6. The van der Waals surface area contributed by atoms with E-state index >= 15 is 0 Å². The topological polar surface area (TPSA) is 36.4 Å². The van der Waals surface area contributed by atoms with Crippen molar-refractivity contribution in [2.45, 2.75) is 45.6 Å². The number of piperidine rings is 1. The maximum Gasteiger partial charge on any atom is 0.228 e. The highest BCUT2D eigenvalue weighted by Crippen LogP contribution is 2.28. The molecule has 1 amide bonds. The van der Waals surface area contributed by atoms with Crippen LogP contribution in [0.2, 0.25) is 0 Å². The van der Waals surface area contributed by atoms with Gasteiger partial charge < -0.3 is 4.90 Å². The highest BCUT2D eigenvalue weighted by atomic mass is 32.1. The van der Waals surface area contributed by atoms with Crippen molar-refractivity contribution in [3.8, 4) is 0 Å². The van der Waals surface area contributed by atoms with Crippen molar-refractivity contribution >= 4 is 17.2 Å². The SMILES string of the molecule is CCCN1C[C@@H]2CC[C@H]1CN(C(=O)Cc1csc(C)n1)C2. The minimum Gasteiger partial charge on any atom is -0.340 e. The smallest absolute Gasteiger partial charge is 0.228 e. The third kappa shape index (κ3) is 3.46. The maximum absolute atomic E-state index is 12.6. The molecule has 21 heavy (non-hydrogen) atoms. The first-order chi connectivity index (χ1) is 10.2. The minimum atomic E-state index is 0.260. The first kappa shape index (κ1) is 15.0. The van der Waals surface area contributed by atoms with Gasteiger partial charge in [0.05, 0.1) is 17.1 Å². The lowest BCUT2D eigenvalue weighted by atomic mass is 9.95. The average molecular weight is 307 g/mol. The van der Waals surface area contributed by atoms with Gasteiger partial charge in [-0.25, -0.2) is 4.98 Å². The lowest BCUT2D eigenvalue weighted by Crippen LogP contribution is -2.44. The molecule has 1 aromatic rings. The van der Waals surface area contributed by atoms with Gasteiger partial charge in [0.1, 0.15) is 0 Å². The van der Waals surface area contributed by atoms with Crippen LogP contribution >= 0.6 is 11.3 Å². The third-order valence-electron chi connectivity index (χ3n) is 4.69. The molecule has 4 rings (SSSR count). The molecule has 0 spiro atoms. The summed E-state index contributed by atoms with van der Waals surface area (Å²) >= 11 is 1.63. The number of aromatic nitrogens is 1. The van der Waals surface area contributed by atoms with Gasteiger partial charge in [-0.3, -0.25) is 9.69 Å². The van der Waals surface area contributed by atoms with Crippen molar-refractivity contribution in [3.63, 3.8) is 0 Å². The summed E-state index contributed by atoms with van der Waals surface area (Å²) in [6.07, 6.45) is 4.21. The van der Waals surface area contributed by atoms with Gasteiger partial charge in [-0.15, -0.1) is 11.3 Å². The fourth-order valence-electron chi connectivity index (χ4n) is 3.70. The fraction of sp³-hybridized carbons (Fsp3) is 0.750. The van der Waals surface area contributed by atoms with Crippen LogP contribution in [-0.4, -0.2) is 52.9 Å². The van der Waals surface area contributed by atoms with E-state index in [2.05, 4.69) is 21.7 Å². The van der Waals surface area contributed by atoms with Gasteiger partial charge in [-0.1, -0.05) is 6.92 Å². The summed E-state index contributed by atoms with van der Waals surface area (Å²) in [6.45, 7) is 8.45. The summed E-state index contributed by atoms with van der Waals surface area (Å²) in [5.74, 6) is 0.923. The van der Waals surface area contributed by atoms with Crippen LogP contribution in [0.25, 0.3) is 0 Å². The summed E-state index contributed by atoms with van der Waals surface area (Å²) in [5, 5.41) is 3.06. The van der Waals surface area contributed by atoms with Crippen LogP contribution in [0, 0.1) is 12.8 Å². The predicted octanol–water partition coefficient (Wildman–Crippen LogP) is 2.33. The number of aryl methyl sites for hydroxylation is 1. The van der Waals surface area contributed by atoms with E-state index in [0.29, 0.717) is 18.4 Å². The molecule has 3 saturated heterocycles. The molecular formula is C16H25N3OS. The van der Waals surface area contributed by atoms with Gasteiger partial charge in [0.15, 0.2) is 0 Å². The molecule has 0 N–H and O–H groups in total. The Morgan fingerprint density at radius 3 is 2.95 bits per heavy atom. The van der Waals surface area contributed by atoms with Crippen LogP contribution < -0.4 is 0 Å². The Morgan fingerprint density at radius 1 is 1.38 bits per heavy atom. The zero-order valence-corrected chi connectivity index (χ0v) is 13.9. The van der Waals surface area contributed by atoms with Gasteiger partial charge in [-0.2, -0.15) is 0 Å². The van der Waals surface area contributed by atoms with Crippen molar-refractivity contribution in [2.24, 2.45) is 5.92 Å². The predicted molar refractivity (Wildman–Crippen MR) is 85.5 cm³/mol. The van der Waals surface area contributed by atoms with Gasteiger partial charge in [0.25, 0.3) is 0 Å². The molecule has 1 aromatic heterocycles. The van der Waals surface area contributed by atoms with Crippen molar-refractivity contribution in [3.05, 3.63) is 16.1 Å². The van der Waals surface area contributed by atoms with Crippen LogP contribution in [0.15, 0.2) is 5.38 Å².